The van der Waals surface area contributed by atoms with Crippen molar-refractivity contribution in [3.05, 3.63) is 0 Å². The van der Waals surface area contributed by atoms with Crippen LogP contribution >= 0.6 is 0 Å². The first-order valence-corrected chi connectivity index (χ1v) is 12.7. The van der Waals surface area contributed by atoms with Gasteiger partial charge in [-0.2, -0.15) is 0 Å². The highest BCUT2D eigenvalue weighted by molar-refractivity contribution is 5.84. The fourth-order valence-electron chi connectivity index (χ4n) is 5.89. The number of hydrogen-bond acceptors (Lipinski definition) is 6. The lowest BCUT2D eigenvalue weighted by atomic mass is 10.0. The van der Waals surface area contributed by atoms with E-state index in [0.717, 1.165) is 52.0 Å². The third-order valence-corrected chi connectivity index (χ3v) is 8.00. The molecule has 4 saturated heterocycles. The molecule has 0 radical (unpaired) electrons. The van der Waals surface area contributed by atoms with Gasteiger partial charge < -0.3 is 20.9 Å². The second-order valence-electron chi connectivity index (χ2n) is 10.2. The quantitative estimate of drug-likeness (QED) is 0.508. The first-order chi connectivity index (χ1) is 15.6. The number of amides is 3. The van der Waals surface area contributed by atoms with Gasteiger partial charge in [0.25, 0.3) is 0 Å². The monoisotopic (exact) mass is 446 g/mol. The highest BCUT2D eigenvalue weighted by atomic mass is 16.2. The Morgan fingerprint density at radius 3 is 2.59 bits per heavy atom. The summed E-state index contributed by atoms with van der Waals surface area (Å²) in [5.74, 6) is 0.615. The molecule has 9 nitrogen and oxygen atoms in total. The average Bonchev–Trinajstić information content (AvgIpc) is 3.59. The second-order valence-corrected chi connectivity index (χ2v) is 10.2. The SMILES string of the molecule is O=C(N[C@H]1C[C@H]2C(=O)NC[C@@H](CCC(=O)N3CCN(C4CCCCN4)CC3)N2C1)C1CC1. The van der Waals surface area contributed by atoms with E-state index in [1.165, 1.54) is 19.3 Å². The van der Waals surface area contributed by atoms with Gasteiger partial charge in [0.15, 0.2) is 0 Å². The highest BCUT2D eigenvalue weighted by Gasteiger charge is 2.44. The fraction of sp³-hybridized carbons (Fsp3) is 0.870. The van der Waals surface area contributed by atoms with E-state index in [4.69, 9.17) is 0 Å². The third-order valence-electron chi connectivity index (χ3n) is 8.00. The molecule has 4 atom stereocenters. The van der Waals surface area contributed by atoms with Crippen molar-refractivity contribution in [3.63, 3.8) is 0 Å². The molecule has 178 valence electrons. The smallest absolute Gasteiger partial charge is 0.237 e. The number of nitrogens with zero attached hydrogens (tertiary/aromatic N) is 3. The second kappa shape index (κ2) is 9.65. The molecular formula is C23H38N6O3. The molecule has 4 aliphatic heterocycles. The van der Waals surface area contributed by atoms with Gasteiger partial charge >= 0.3 is 0 Å². The lowest BCUT2D eigenvalue weighted by Crippen LogP contribution is -2.58. The highest BCUT2D eigenvalue weighted by Crippen LogP contribution is 2.31. The van der Waals surface area contributed by atoms with Crippen molar-refractivity contribution in [1.82, 2.24) is 30.7 Å². The molecule has 5 aliphatic rings. The van der Waals surface area contributed by atoms with Crippen LogP contribution in [0.5, 0.6) is 0 Å². The summed E-state index contributed by atoms with van der Waals surface area (Å²) in [6.07, 6.45) is 8.16. The number of hydrogen-bond donors (Lipinski definition) is 3. The van der Waals surface area contributed by atoms with Crippen molar-refractivity contribution in [2.24, 2.45) is 5.92 Å². The Hall–Kier alpha value is -1.71. The normalized spacial score (nSPS) is 34.1. The van der Waals surface area contributed by atoms with E-state index in [0.29, 0.717) is 32.1 Å². The molecule has 5 rings (SSSR count). The van der Waals surface area contributed by atoms with Gasteiger partial charge in [-0.1, -0.05) is 0 Å². The number of piperazine rings is 2. The molecule has 1 saturated carbocycles. The zero-order chi connectivity index (χ0) is 22.1. The number of rotatable bonds is 6. The minimum Gasteiger partial charge on any atom is -0.353 e. The van der Waals surface area contributed by atoms with Crippen molar-refractivity contribution in [2.75, 3.05) is 45.8 Å². The van der Waals surface area contributed by atoms with Crippen LogP contribution in [-0.2, 0) is 14.4 Å². The molecule has 1 aliphatic carbocycles. The molecule has 0 aromatic carbocycles. The third kappa shape index (κ3) is 4.94. The van der Waals surface area contributed by atoms with Crippen molar-refractivity contribution >= 4 is 17.7 Å². The van der Waals surface area contributed by atoms with Crippen LogP contribution in [-0.4, -0.2) is 103 Å². The van der Waals surface area contributed by atoms with E-state index < -0.39 is 0 Å². The van der Waals surface area contributed by atoms with Gasteiger partial charge in [-0.05, 0) is 51.5 Å². The van der Waals surface area contributed by atoms with Crippen LogP contribution in [0.15, 0.2) is 0 Å². The summed E-state index contributed by atoms with van der Waals surface area (Å²) >= 11 is 0. The lowest BCUT2D eigenvalue weighted by molar-refractivity contribution is -0.134. The number of nitrogens with one attached hydrogen (secondary N) is 3. The van der Waals surface area contributed by atoms with Crippen LogP contribution < -0.4 is 16.0 Å². The number of carbonyl (C=O) groups excluding carboxylic acids is 3. The standard InChI is InChI=1S/C23H38N6O3/c30-21(28-11-9-27(10-12-28)20-3-1-2-8-24-20)7-6-18-14-25-23(32)19-13-17(15-29(18)19)26-22(31)16-4-5-16/h16-20,24H,1-15H2,(H,25,32)(H,26,31)/t17-,18+,19-,20?/m0/s1. The van der Waals surface area contributed by atoms with Crippen molar-refractivity contribution in [3.8, 4) is 0 Å². The van der Waals surface area contributed by atoms with E-state index in [2.05, 4.69) is 25.8 Å². The molecule has 9 heteroatoms. The average molecular weight is 447 g/mol. The van der Waals surface area contributed by atoms with Gasteiger partial charge in [-0.3, -0.25) is 24.2 Å². The summed E-state index contributed by atoms with van der Waals surface area (Å²) < 4.78 is 0. The topological polar surface area (TPSA) is 97.0 Å². The van der Waals surface area contributed by atoms with Crippen LogP contribution in [0.1, 0.15) is 51.4 Å². The molecule has 1 unspecified atom stereocenters. The Morgan fingerprint density at radius 2 is 1.88 bits per heavy atom. The van der Waals surface area contributed by atoms with Crippen LogP contribution in [0.3, 0.4) is 0 Å². The van der Waals surface area contributed by atoms with Crippen molar-refractivity contribution in [1.29, 1.82) is 0 Å². The van der Waals surface area contributed by atoms with E-state index >= 15 is 0 Å². The van der Waals surface area contributed by atoms with Gasteiger partial charge in [-0.25, -0.2) is 0 Å². The minimum absolute atomic E-state index is 0.0385. The lowest BCUT2D eigenvalue weighted by Gasteiger charge is -2.41. The zero-order valence-corrected chi connectivity index (χ0v) is 19.1. The fourth-order valence-corrected chi connectivity index (χ4v) is 5.89. The molecule has 3 amide bonds. The van der Waals surface area contributed by atoms with Gasteiger partial charge in [-0.15, -0.1) is 0 Å². The maximum absolute atomic E-state index is 12.9. The van der Waals surface area contributed by atoms with Gasteiger partial charge in [0.1, 0.15) is 0 Å². The molecule has 4 heterocycles. The predicted molar refractivity (Wildman–Crippen MR) is 120 cm³/mol. The Morgan fingerprint density at radius 1 is 1.06 bits per heavy atom. The van der Waals surface area contributed by atoms with Crippen LogP contribution in [0.2, 0.25) is 0 Å². The number of fused-ring (bicyclic) bond motifs is 1. The molecular weight excluding hydrogens is 408 g/mol. The molecule has 0 aromatic rings. The Labute approximate surface area is 190 Å². The summed E-state index contributed by atoms with van der Waals surface area (Å²) in [4.78, 5) is 44.2. The van der Waals surface area contributed by atoms with E-state index in [-0.39, 0.29) is 41.8 Å². The van der Waals surface area contributed by atoms with Crippen LogP contribution in [0, 0.1) is 5.92 Å². The maximum atomic E-state index is 12.9. The minimum atomic E-state index is -0.181. The van der Waals surface area contributed by atoms with Gasteiger partial charge in [0.05, 0.1) is 12.2 Å². The first-order valence-electron chi connectivity index (χ1n) is 12.7. The molecule has 0 aromatic heterocycles. The van der Waals surface area contributed by atoms with Gasteiger partial charge in [0.2, 0.25) is 17.7 Å². The summed E-state index contributed by atoms with van der Waals surface area (Å²) in [5.41, 5.74) is 0. The van der Waals surface area contributed by atoms with Crippen LogP contribution in [0.4, 0.5) is 0 Å². The molecule has 5 fully saturated rings. The van der Waals surface area contributed by atoms with E-state index in [1.807, 2.05) is 4.90 Å². The van der Waals surface area contributed by atoms with E-state index in [1.54, 1.807) is 0 Å². The number of carbonyl (C=O) groups is 3. The zero-order valence-electron chi connectivity index (χ0n) is 19.1. The molecule has 3 N–H and O–H groups in total. The Bertz CT molecular complexity index is 715. The van der Waals surface area contributed by atoms with Crippen molar-refractivity contribution in [2.45, 2.75) is 75.7 Å². The Balaban J connectivity index is 1.08. The molecule has 32 heavy (non-hydrogen) atoms. The Kier molecular flexibility index (Phi) is 6.66. The molecule has 0 bridgehead atoms. The summed E-state index contributed by atoms with van der Waals surface area (Å²) in [6, 6.07) is 0.0220. The molecule has 0 spiro atoms. The predicted octanol–water partition coefficient (Wildman–Crippen LogP) is -0.522. The largest absolute Gasteiger partial charge is 0.353 e. The van der Waals surface area contributed by atoms with Crippen molar-refractivity contribution < 1.29 is 14.4 Å². The summed E-state index contributed by atoms with van der Waals surface area (Å²) in [5, 5.41) is 9.77. The number of piperidine rings is 1. The summed E-state index contributed by atoms with van der Waals surface area (Å²) in [6.45, 7) is 5.90. The first kappa shape index (κ1) is 22.1. The van der Waals surface area contributed by atoms with Gasteiger partial charge in [0, 0.05) is 63.7 Å². The maximum Gasteiger partial charge on any atom is 0.237 e. The van der Waals surface area contributed by atoms with Crippen LogP contribution in [0.25, 0.3) is 0 Å². The van der Waals surface area contributed by atoms with E-state index in [9.17, 15) is 14.4 Å². The summed E-state index contributed by atoms with van der Waals surface area (Å²) in [7, 11) is 0.